The first-order valence-corrected chi connectivity index (χ1v) is 9.81. The van der Waals surface area contributed by atoms with Crippen molar-refractivity contribution in [3.63, 3.8) is 0 Å². The highest BCUT2D eigenvalue weighted by Gasteiger charge is 2.54. The van der Waals surface area contributed by atoms with E-state index in [-0.39, 0.29) is 11.8 Å². The Hall–Kier alpha value is -1.32. The number of carbonyl (C=O) groups excluding carboxylic acids is 1. The Morgan fingerprint density at radius 1 is 1.21 bits per heavy atom. The first-order valence-electron chi connectivity index (χ1n) is 9.81. The van der Waals surface area contributed by atoms with Gasteiger partial charge in [0.15, 0.2) is 0 Å². The van der Waals surface area contributed by atoms with Crippen LogP contribution in [0, 0.1) is 29.1 Å². The van der Waals surface area contributed by atoms with Crippen LogP contribution >= 0.6 is 0 Å². The maximum Gasteiger partial charge on any atom is 0.223 e. The Kier molecular flexibility index (Phi) is 3.18. The molecule has 1 amide bonds. The van der Waals surface area contributed by atoms with Gasteiger partial charge in [-0.2, -0.15) is 5.10 Å². The van der Waals surface area contributed by atoms with E-state index in [1.165, 1.54) is 44.1 Å². The molecule has 1 aromatic heterocycles. The van der Waals surface area contributed by atoms with Crippen LogP contribution in [0.25, 0.3) is 0 Å². The lowest BCUT2D eigenvalue weighted by molar-refractivity contribution is -0.127. The van der Waals surface area contributed by atoms with Crippen molar-refractivity contribution in [2.24, 2.45) is 36.1 Å². The van der Waals surface area contributed by atoms with E-state index < -0.39 is 0 Å². The van der Waals surface area contributed by atoms with E-state index in [4.69, 9.17) is 0 Å². The number of aromatic nitrogens is 2. The molecule has 5 saturated carbocycles. The van der Waals surface area contributed by atoms with Gasteiger partial charge in [0.25, 0.3) is 0 Å². The summed E-state index contributed by atoms with van der Waals surface area (Å²) >= 11 is 0. The molecule has 130 valence electrons. The van der Waals surface area contributed by atoms with Gasteiger partial charge in [-0.1, -0.05) is 0 Å². The van der Waals surface area contributed by atoms with Crippen LogP contribution in [0.5, 0.6) is 0 Å². The Morgan fingerprint density at radius 3 is 2.38 bits per heavy atom. The molecule has 0 aliphatic heterocycles. The molecule has 5 aliphatic rings. The number of carbonyl (C=O) groups is 1. The van der Waals surface area contributed by atoms with E-state index in [1.54, 1.807) is 0 Å². The fraction of sp³-hybridized carbons (Fsp3) is 0.800. The van der Waals surface area contributed by atoms with Crippen molar-refractivity contribution in [1.29, 1.82) is 0 Å². The highest BCUT2D eigenvalue weighted by molar-refractivity contribution is 5.83. The van der Waals surface area contributed by atoms with Crippen LogP contribution < -0.4 is 5.32 Å². The van der Waals surface area contributed by atoms with Crippen LogP contribution in [-0.2, 0) is 11.8 Å². The van der Waals surface area contributed by atoms with Crippen molar-refractivity contribution in [2.75, 3.05) is 0 Å². The minimum absolute atomic E-state index is 0.172. The van der Waals surface area contributed by atoms with Crippen LogP contribution in [0.1, 0.15) is 63.4 Å². The second-order valence-electron chi connectivity index (χ2n) is 9.41. The van der Waals surface area contributed by atoms with E-state index >= 15 is 0 Å². The summed E-state index contributed by atoms with van der Waals surface area (Å²) < 4.78 is 1.83. The molecule has 5 fully saturated rings. The van der Waals surface area contributed by atoms with E-state index in [0.717, 1.165) is 24.2 Å². The average Bonchev–Trinajstić information content (AvgIpc) is 3.21. The van der Waals surface area contributed by atoms with Crippen LogP contribution in [0.3, 0.4) is 0 Å². The molecule has 4 heteroatoms. The number of aryl methyl sites for hydroxylation is 1. The smallest absolute Gasteiger partial charge is 0.223 e. The molecule has 0 saturated heterocycles. The highest BCUT2D eigenvalue weighted by atomic mass is 16.2. The van der Waals surface area contributed by atoms with E-state index in [1.807, 2.05) is 17.9 Å². The average molecular weight is 327 g/mol. The van der Waals surface area contributed by atoms with Crippen LogP contribution in [0.15, 0.2) is 12.4 Å². The van der Waals surface area contributed by atoms with Gasteiger partial charge in [-0.15, -0.1) is 0 Å². The van der Waals surface area contributed by atoms with Gasteiger partial charge in [-0.05, 0) is 86.5 Å². The molecule has 0 radical (unpaired) electrons. The van der Waals surface area contributed by atoms with Gasteiger partial charge in [0, 0.05) is 25.2 Å². The van der Waals surface area contributed by atoms with Gasteiger partial charge >= 0.3 is 0 Å². The monoisotopic (exact) mass is 327 g/mol. The van der Waals surface area contributed by atoms with E-state index in [0.29, 0.717) is 17.4 Å². The molecular weight excluding hydrogens is 298 g/mol. The summed E-state index contributed by atoms with van der Waals surface area (Å²) in [5, 5.41) is 7.68. The van der Waals surface area contributed by atoms with Crippen molar-refractivity contribution in [1.82, 2.24) is 15.1 Å². The highest BCUT2D eigenvalue weighted by Crippen LogP contribution is 2.61. The zero-order valence-corrected chi connectivity index (χ0v) is 14.9. The quantitative estimate of drug-likeness (QED) is 0.923. The molecule has 1 heterocycles. The minimum atomic E-state index is 0.172. The third-order valence-electron chi connectivity index (χ3n) is 7.64. The number of amides is 1. The number of nitrogens with one attached hydrogen (secondary N) is 1. The van der Waals surface area contributed by atoms with Crippen molar-refractivity contribution >= 4 is 5.91 Å². The summed E-state index contributed by atoms with van der Waals surface area (Å²) in [5.41, 5.74) is 1.63. The number of rotatable bonds is 4. The molecule has 0 spiro atoms. The molecule has 0 unspecified atom stereocenters. The first kappa shape index (κ1) is 15.0. The lowest BCUT2D eigenvalue weighted by Crippen LogP contribution is -2.56. The Labute approximate surface area is 144 Å². The molecule has 24 heavy (non-hydrogen) atoms. The third kappa shape index (κ3) is 2.33. The molecule has 1 N–H and O–H groups in total. The van der Waals surface area contributed by atoms with Gasteiger partial charge in [-0.3, -0.25) is 9.48 Å². The van der Waals surface area contributed by atoms with Gasteiger partial charge in [0.2, 0.25) is 5.91 Å². The lowest BCUT2D eigenvalue weighted by Gasteiger charge is -2.59. The molecule has 4 nitrogen and oxygen atoms in total. The second kappa shape index (κ2) is 5.09. The fourth-order valence-corrected chi connectivity index (χ4v) is 6.67. The van der Waals surface area contributed by atoms with Crippen LogP contribution in [0.4, 0.5) is 0 Å². The summed E-state index contributed by atoms with van der Waals surface area (Å²) in [6.07, 6.45) is 13.4. The molecule has 3 atom stereocenters. The van der Waals surface area contributed by atoms with Crippen molar-refractivity contribution in [3.8, 4) is 0 Å². The van der Waals surface area contributed by atoms with Crippen LogP contribution in [0.2, 0.25) is 0 Å². The van der Waals surface area contributed by atoms with Gasteiger partial charge in [0.05, 0.1) is 6.20 Å². The number of nitrogens with zero attached hydrogens (tertiary/aromatic N) is 2. The summed E-state index contributed by atoms with van der Waals surface area (Å²) in [6, 6.07) is 0.341. The topological polar surface area (TPSA) is 46.9 Å². The van der Waals surface area contributed by atoms with Crippen LogP contribution in [-0.4, -0.2) is 21.7 Å². The molecule has 4 bridgehead atoms. The van der Waals surface area contributed by atoms with E-state index in [2.05, 4.69) is 23.5 Å². The largest absolute Gasteiger partial charge is 0.353 e. The SMILES string of the molecule is C[C@H](NC(=O)[C@H]1C[C@H]1c1cnn(C)c1)C12CC3CC(CC(C3)C1)C2. The zero-order chi connectivity index (χ0) is 16.5. The zero-order valence-electron chi connectivity index (χ0n) is 14.9. The van der Waals surface area contributed by atoms with Gasteiger partial charge < -0.3 is 5.32 Å². The summed E-state index contributed by atoms with van der Waals surface area (Å²) in [7, 11) is 1.94. The predicted octanol–water partition coefficient (Wildman–Crippen LogP) is 3.24. The summed E-state index contributed by atoms with van der Waals surface area (Å²) in [4.78, 5) is 12.8. The van der Waals surface area contributed by atoms with Crippen molar-refractivity contribution < 1.29 is 4.79 Å². The lowest BCUT2D eigenvalue weighted by atomic mass is 9.48. The summed E-state index contributed by atoms with van der Waals surface area (Å²) in [6.45, 7) is 2.28. The molecule has 0 aromatic carbocycles. The predicted molar refractivity (Wildman–Crippen MR) is 92.3 cm³/mol. The third-order valence-corrected chi connectivity index (χ3v) is 7.64. The first-order chi connectivity index (χ1) is 11.5. The Morgan fingerprint density at radius 2 is 1.83 bits per heavy atom. The van der Waals surface area contributed by atoms with Crippen molar-refractivity contribution in [3.05, 3.63) is 18.0 Å². The minimum Gasteiger partial charge on any atom is -0.353 e. The van der Waals surface area contributed by atoms with Gasteiger partial charge in [-0.25, -0.2) is 0 Å². The number of hydrogen-bond acceptors (Lipinski definition) is 2. The summed E-state index contributed by atoms with van der Waals surface area (Å²) in [5.74, 6) is 3.68. The maximum atomic E-state index is 12.8. The standard InChI is InChI=1S/C20H29N3O/c1-12(20-7-13-3-14(8-20)5-15(4-13)9-20)22-19(24)18-6-17(18)16-10-21-23(2)11-16/h10-15,17-18H,3-9H2,1-2H3,(H,22,24)/t12-,13?,14?,15?,17-,18-,20?/m0/s1. The molecule has 1 aromatic rings. The fourth-order valence-electron chi connectivity index (χ4n) is 6.67. The number of hydrogen-bond donors (Lipinski definition) is 1. The van der Waals surface area contributed by atoms with Gasteiger partial charge in [0.1, 0.15) is 0 Å². The normalized spacial score (nSPS) is 43.7. The molecule has 6 rings (SSSR count). The Bertz CT molecular complexity index is 628. The molecular formula is C20H29N3O. The maximum absolute atomic E-state index is 12.8. The molecule has 5 aliphatic carbocycles. The van der Waals surface area contributed by atoms with Crippen molar-refractivity contribution in [2.45, 2.75) is 63.8 Å². The van der Waals surface area contributed by atoms with E-state index in [9.17, 15) is 4.79 Å². The Balaban J connectivity index is 1.24. The second-order valence-corrected chi connectivity index (χ2v) is 9.41.